The number of rotatable bonds is 9. The van der Waals surface area contributed by atoms with E-state index >= 15 is 0 Å². The fourth-order valence-corrected chi connectivity index (χ4v) is 2.89. The van der Waals surface area contributed by atoms with Crippen molar-refractivity contribution in [1.29, 1.82) is 0 Å². The van der Waals surface area contributed by atoms with Gasteiger partial charge in [-0.3, -0.25) is 4.99 Å². The van der Waals surface area contributed by atoms with Gasteiger partial charge in [-0.25, -0.2) is 4.98 Å². The highest BCUT2D eigenvalue weighted by atomic mass is 127. The number of aromatic nitrogens is 1. The molecule has 7 nitrogen and oxygen atoms in total. The lowest BCUT2D eigenvalue weighted by Gasteiger charge is -2.13. The second-order valence-electron chi connectivity index (χ2n) is 7.59. The third-order valence-electron chi connectivity index (χ3n) is 4.68. The smallest absolute Gasteiger partial charge is 0.226 e. The van der Waals surface area contributed by atoms with Crippen molar-refractivity contribution < 1.29 is 9.15 Å². The predicted octanol–water partition coefficient (Wildman–Crippen LogP) is 4.07. The number of likely N-dealkylation sites (N-methyl/N-ethyl adjacent to an activating group) is 1. The Bertz CT molecular complexity index is 986. The number of hydrogen-bond donors (Lipinski definition) is 2. The van der Waals surface area contributed by atoms with E-state index in [9.17, 15) is 0 Å². The van der Waals surface area contributed by atoms with E-state index in [-0.39, 0.29) is 24.0 Å². The van der Waals surface area contributed by atoms with Crippen molar-refractivity contribution in [2.24, 2.45) is 4.99 Å². The summed E-state index contributed by atoms with van der Waals surface area (Å²) in [6, 6.07) is 16.2. The summed E-state index contributed by atoms with van der Waals surface area (Å²) in [7, 11) is 5.81. The molecule has 0 radical (unpaired) electrons. The van der Waals surface area contributed by atoms with Crippen molar-refractivity contribution >= 4 is 29.9 Å². The average Bonchev–Trinajstić information content (AvgIpc) is 3.23. The van der Waals surface area contributed by atoms with E-state index in [4.69, 9.17) is 9.15 Å². The van der Waals surface area contributed by atoms with Gasteiger partial charge in [0.1, 0.15) is 18.6 Å². The molecule has 0 bridgehead atoms. The zero-order valence-corrected chi connectivity index (χ0v) is 21.4. The number of hydrogen-bond acceptors (Lipinski definition) is 5. The summed E-state index contributed by atoms with van der Waals surface area (Å²) in [5.41, 5.74) is 4.10. The Kier molecular flexibility index (Phi) is 10.5. The summed E-state index contributed by atoms with van der Waals surface area (Å²) < 4.78 is 11.4. The van der Waals surface area contributed by atoms with Crippen LogP contribution in [0.4, 0.5) is 0 Å². The summed E-state index contributed by atoms with van der Waals surface area (Å²) in [5, 5.41) is 6.59. The molecule has 1 heterocycles. The zero-order valence-electron chi connectivity index (χ0n) is 19.1. The number of guanidine groups is 1. The molecule has 172 valence electrons. The largest absolute Gasteiger partial charge is 0.492 e. The van der Waals surface area contributed by atoms with Gasteiger partial charge in [0.25, 0.3) is 0 Å². The number of halogens is 1. The highest BCUT2D eigenvalue weighted by molar-refractivity contribution is 14.0. The summed E-state index contributed by atoms with van der Waals surface area (Å²) in [6.45, 7) is 4.75. The van der Waals surface area contributed by atoms with Crippen molar-refractivity contribution in [3.63, 3.8) is 0 Å². The number of nitrogens with one attached hydrogen (secondary N) is 2. The molecule has 0 unspecified atom stereocenters. The maximum atomic E-state index is 5.81. The summed E-state index contributed by atoms with van der Waals surface area (Å²) in [5.74, 6) is 2.18. The minimum Gasteiger partial charge on any atom is -0.492 e. The highest BCUT2D eigenvalue weighted by Crippen LogP contribution is 2.19. The Balaban J connectivity index is 0.00000363. The zero-order chi connectivity index (χ0) is 22.1. The van der Waals surface area contributed by atoms with Crippen LogP contribution in [-0.4, -0.2) is 50.1 Å². The van der Waals surface area contributed by atoms with Gasteiger partial charge in [-0.05, 0) is 50.8 Å². The van der Waals surface area contributed by atoms with Crippen molar-refractivity contribution in [2.75, 3.05) is 34.3 Å². The fraction of sp³-hybridized carbons (Fsp3) is 0.333. The fourth-order valence-electron chi connectivity index (χ4n) is 2.89. The molecule has 32 heavy (non-hydrogen) atoms. The van der Waals surface area contributed by atoms with Crippen LogP contribution in [0.5, 0.6) is 5.75 Å². The van der Waals surface area contributed by atoms with Crippen molar-refractivity contribution in [1.82, 2.24) is 20.5 Å². The molecule has 1 aromatic heterocycles. The number of nitrogens with zero attached hydrogens (tertiary/aromatic N) is 3. The van der Waals surface area contributed by atoms with Crippen LogP contribution >= 0.6 is 24.0 Å². The van der Waals surface area contributed by atoms with E-state index in [0.717, 1.165) is 29.1 Å². The minimum absolute atomic E-state index is 0. The van der Waals surface area contributed by atoms with Crippen molar-refractivity contribution in [2.45, 2.75) is 20.0 Å². The topological polar surface area (TPSA) is 74.9 Å². The van der Waals surface area contributed by atoms with Gasteiger partial charge in [-0.15, -0.1) is 24.0 Å². The molecule has 0 aliphatic heterocycles. The number of aryl methyl sites for hydroxylation is 1. The predicted molar refractivity (Wildman–Crippen MR) is 140 cm³/mol. The first-order valence-electron chi connectivity index (χ1n) is 10.4. The van der Waals surface area contributed by atoms with Crippen LogP contribution in [0.15, 0.2) is 64.2 Å². The van der Waals surface area contributed by atoms with Gasteiger partial charge in [-0.1, -0.05) is 29.8 Å². The summed E-state index contributed by atoms with van der Waals surface area (Å²) >= 11 is 0. The van der Waals surface area contributed by atoms with Gasteiger partial charge in [0.2, 0.25) is 5.89 Å². The molecule has 3 aromatic rings. The second-order valence-corrected chi connectivity index (χ2v) is 7.59. The van der Waals surface area contributed by atoms with Gasteiger partial charge in [0, 0.05) is 25.7 Å². The minimum atomic E-state index is 0. The van der Waals surface area contributed by atoms with Gasteiger partial charge in [0.05, 0.1) is 12.2 Å². The molecule has 2 aromatic carbocycles. The average molecular weight is 549 g/mol. The van der Waals surface area contributed by atoms with Crippen LogP contribution in [0.25, 0.3) is 11.5 Å². The Morgan fingerprint density at radius 3 is 2.56 bits per heavy atom. The normalized spacial score (nSPS) is 11.2. The molecule has 0 atom stereocenters. The Hall–Kier alpha value is -2.59. The Labute approximate surface area is 207 Å². The quantitative estimate of drug-likeness (QED) is 0.238. The maximum Gasteiger partial charge on any atom is 0.226 e. The number of oxazole rings is 1. The molecule has 2 N–H and O–H groups in total. The lowest BCUT2D eigenvalue weighted by Crippen LogP contribution is -2.36. The first kappa shape index (κ1) is 25.7. The standard InChI is InChI=1S/C24H31N5O2.HI/c1-18-8-10-20(11-9-18)23-28-21(17-31-23)16-27-24(25-2)26-15-19-6-5-7-22(14-19)30-13-12-29(3)4;/h5-11,14,17H,12-13,15-16H2,1-4H3,(H2,25,26,27);1H. The second kappa shape index (κ2) is 13.1. The Morgan fingerprint density at radius 2 is 1.84 bits per heavy atom. The summed E-state index contributed by atoms with van der Waals surface area (Å²) in [4.78, 5) is 10.9. The van der Waals surface area contributed by atoms with Crippen LogP contribution in [-0.2, 0) is 13.1 Å². The molecule has 0 saturated carbocycles. The molecule has 0 spiro atoms. The van der Waals surface area contributed by atoms with Crippen LogP contribution in [0.3, 0.4) is 0 Å². The lowest BCUT2D eigenvalue weighted by atomic mass is 10.1. The molecule has 8 heteroatoms. The maximum absolute atomic E-state index is 5.81. The van der Waals surface area contributed by atoms with Crippen molar-refractivity contribution in [3.8, 4) is 17.2 Å². The van der Waals surface area contributed by atoms with Gasteiger partial charge < -0.3 is 24.7 Å². The molecular formula is C24H32IN5O2. The van der Waals surface area contributed by atoms with E-state index in [2.05, 4.69) is 38.5 Å². The van der Waals surface area contributed by atoms with Gasteiger partial charge in [0.15, 0.2) is 5.96 Å². The first-order chi connectivity index (χ1) is 15.0. The molecule has 3 rings (SSSR count). The third-order valence-corrected chi connectivity index (χ3v) is 4.68. The van der Waals surface area contributed by atoms with Crippen LogP contribution in [0, 0.1) is 6.92 Å². The van der Waals surface area contributed by atoms with E-state index in [1.807, 2.05) is 56.6 Å². The van der Waals surface area contributed by atoms with E-state index in [1.165, 1.54) is 5.56 Å². The van der Waals surface area contributed by atoms with E-state index in [0.29, 0.717) is 31.5 Å². The van der Waals surface area contributed by atoms with Crippen molar-refractivity contribution in [3.05, 3.63) is 71.6 Å². The molecular weight excluding hydrogens is 517 g/mol. The third kappa shape index (κ3) is 8.16. The molecule has 0 saturated heterocycles. The molecule has 0 fully saturated rings. The highest BCUT2D eigenvalue weighted by Gasteiger charge is 2.07. The van der Waals surface area contributed by atoms with Crippen LogP contribution in [0.2, 0.25) is 0 Å². The summed E-state index contributed by atoms with van der Waals surface area (Å²) in [6.07, 6.45) is 1.67. The van der Waals surface area contributed by atoms with Crippen LogP contribution < -0.4 is 15.4 Å². The van der Waals surface area contributed by atoms with E-state index in [1.54, 1.807) is 13.3 Å². The molecule has 0 aliphatic carbocycles. The molecule has 0 aliphatic rings. The number of benzene rings is 2. The first-order valence-corrected chi connectivity index (χ1v) is 10.4. The van der Waals surface area contributed by atoms with Gasteiger partial charge in [-0.2, -0.15) is 0 Å². The number of ether oxygens (including phenoxy) is 1. The SMILES string of the molecule is CN=C(NCc1cccc(OCCN(C)C)c1)NCc1coc(-c2ccc(C)cc2)n1.I. The monoisotopic (exact) mass is 549 g/mol. The molecule has 0 amide bonds. The lowest BCUT2D eigenvalue weighted by molar-refractivity contribution is 0.261. The van der Waals surface area contributed by atoms with Gasteiger partial charge >= 0.3 is 0 Å². The van der Waals surface area contributed by atoms with Crippen LogP contribution in [0.1, 0.15) is 16.8 Å². The number of aliphatic imine (C=N–C) groups is 1. The van der Waals surface area contributed by atoms with E-state index < -0.39 is 0 Å². The Morgan fingerprint density at radius 1 is 1.09 bits per heavy atom.